The van der Waals surface area contributed by atoms with E-state index in [1.807, 2.05) is 6.07 Å². The molecule has 0 spiro atoms. The largest absolute Gasteiger partial charge is 0.207 e. The lowest BCUT2D eigenvalue weighted by Crippen LogP contribution is -2.29. The van der Waals surface area contributed by atoms with Gasteiger partial charge in [0.2, 0.25) is 0 Å². The molecule has 0 saturated heterocycles. The zero-order valence-corrected chi connectivity index (χ0v) is 9.93. The topological polar surface area (TPSA) is 0 Å². The van der Waals surface area contributed by atoms with Crippen molar-refractivity contribution in [2.24, 2.45) is 5.41 Å². The van der Waals surface area contributed by atoms with Crippen molar-refractivity contribution in [3.63, 3.8) is 0 Å². The molecule has 0 aromatic heterocycles. The first kappa shape index (κ1) is 10.3. The number of fused-ring (bicyclic) bond motifs is 2. The monoisotopic (exact) mass is 218 g/mol. The summed E-state index contributed by atoms with van der Waals surface area (Å²) in [4.78, 5) is 0. The van der Waals surface area contributed by atoms with Crippen LogP contribution < -0.4 is 0 Å². The predicted molar refractivity (Wildman–Crippen MR) is 63.9 cm³/mol. The van der Waals surface area contributed by atoms with E-state index in [9.17, 15) is 4.39 Å². The molecule has 1 aromatic carbocycles. The quantitative estimate of drug-likeness (QED) is 0.653. The van der Waals surface area contributed by atoms with E-state index in [-0.39, 0.29) is 5.82 Å². The van der Waals surface area contributed by atoms with E-state index in [0.29, 0.717) is 10.8 Å². The minimum Gasteiger partial charge on any atom is -0.207 e. The van der Waals surface area contributed by atoms with Crippen molar-refractivity contribution in [1.82, 2.24) is 0 Å². The van der Waals surface area contributed by atoms with Crippen LogP contribution in [-0.4, -0.2) is 0 Å². The molecule has 2 atom stereocenters. The molecule has 0 heterocycles. The molecule has 2 saturated carbocycles. The van der Waals surface area contributed by atoms with Gasteiger partial charge in [0.15, 0.2) is 0 Å². The van der Waals surface area contributed by atoms with Crippen LogP contribution in [0.5, 0.6) is 0 Å². The van der Waals surface area contributed by atoms with Gasteiger partial charge in [-0.1, -0.05) is 25.5 Å². The van der Waals surface area contributed by atoms with Gasteiger partial charge >= 0.3 is 0 Å². The summed E-state index contributed by atoms with van der Waals surface area (Å²) in [6, 6.07) is 7.30. The fourth-order valence-corrected chi connectivity index (χ4v) is 4.02. The Hall–Kier alpha value is -0.850. The fourth-order valence-electron chi connectivity index (χ4n) is 4.02. The minimum absolute atomic E-state index is 0.0777. The number of benzene rings is 1. The smallest absolute Gasteiger partial charge is 0.123 e. The number of hydrogen-bond acceptors (Lipinski definition) is 0. The summed E-state index contributed by atoms with van der Waals surface area (Å²) in [6.45, 7) is 2.41. The van der Waals surface area contributed by atoms with Crippen molar-refractivity contribution in [1.29, 1.82) is 0 Å². The van der Waals surface area contributed by atoms with E-state index in [1.165, 1.54) is 44.1 Å². The molecule has 0 nitrogen and oxygen atoms in total. The Bertz CT molecular complexity index is 412. The predicted octanol–water partition coefficient (Wildman–Crippen LogP) is 4.44. The lowest BCUT2D eigenvalue weighted by Gasteiger charge is -2.38. The summed E-state index contributed by atoms with van der Waals surface area (Å²) >= 11 is 0. The number of hydrogen-bond donors (Lipinski definition) is 0. The second-order valence-electron chi connectivity index (χ2n) is 6.13. The van der Waals surface area contributed by atoms with Gasteiger partial charge in [-0.05, 0) is 60.6 Å². The highest BCUT2D eigenvalue weighted by atomic mass is 19.1. The summed E-state index contributed by atoms with van der Waals surface area (Å²) in [5.74, 6) is -0.0777. The van der Waals surface area contributed by atoms with Crippen LogP contribution in [0.15, 0.2) is 24.3 Å². The van der Waals surface area contributed by atoms with Crippen LogP contribution in [0.2, 0.25) is 0 Å². The molecule has 2 aliphatic rings. The van der Waals surface area contributed by atoms with Gasteiger partial charge in [-0.25, -0.2) is 4.39 Å². The van der Waals surface area contributed by atoms with Gasteiger partial charge < -0.3 is 0 Å². The van der Waals surface area contributed by atoms with Crippen LogP contribution >= 0.6 is 0 Å². The Balaban J connectivity index is 2.00. The first-order valence-electron chi connectivity index (χ1n) is 6.38. The summed E-state index contributed by atoms with van der Waals surface area (Å²) < 4.78 is 13.3. The van der Waals surface area contributed by atoms with Crippen LogP contribution in [0.3, 0.4) is 0 Å². The molecule has 16 heavy (non-hydrogen) atoms. The SMILES string of the molecule is CC12CCCC(c3cccc(F)c3)(CC1)C2. The molecule has 2 fully saturated rings. The molecule has 3 rings (SSSR count). The van der Waals surface area contributed by atoms with Crippen molar-refractivity contribution in [2.75, 3.05) is 0 Å². The Morgan fingerprint density at radius 3 is 2.81 bits per heavy atom. The second-order valence-corrected chi connectivity index (χ2v) is 6.13. The molecule has 1 aromatic rings. The highest BCUT2D eigenvalue weighted by Gasteiger charge is 2.49. The Labute approximate surface area is 96.9 Å². The van der Waals surface area contributed by atoms with Crippen molar-refractivity contribution in [2.45, 2.75) is 50.9 Å². The third-order valence-corrected chi connectivity index (χ3v) is 4.84. The van der Waals surface area contributed by atoms with Gasteiger partial charge in [0, 0.05) is 0 Å². The van der Waals surface area contributed by atoms with Crippen LogP contribution in [-0.2, 0) is 5.41 Å². The summed E-state index contributed by atoms with van der Waals surface area (Å²) in [6.07, 6.45) is 7.78. The zero-order chi connectivity index (χ0) is 11.2. The molecular weight excluding hydrogens is 199 g/mol. The Kier molecular flexibility index (Phi) is 2.14. The van der Waals surface area contributed by atoms with Gasteiger partial charge in [-0.3, -0.25) is 0 Å². The molecule has 2 aliphatic carbocycles. The van der Waals surface area contributed by atoms with Crippen molar-refractivity contribution in [3.8, 4) is 0 Å². The first-order valence-corrected chi connectivity index (χ1v) is 6.38. The third-order valence-electron chi connectivity index (χ3n) is 4.84. The van der Waals surface area contributed by atoms with Crippen LogP contribution in [0.4, 0.5) is 4.39 Å². The van der Waals surface area contributed by atoms with E-state index in [1.54, 1.807) is 12.1 Å². The highest BCUT2D eigenvalue weighted by Crippen LogP contribution is 2.59. The fraction of sp³-hybridized carbons (Fsp3) is 0.600. The van der Waals surface area contributed by atoms with Gasteiger partial charge in [0.25, 0.3) is 0 Å². The molecule has 0 amide bonds. The summed E-state index contributed by atoms with van der Waals surface area (Å²) in [5.41, 5.74) is 2.08. The van der Waals surface area contributed by atoms with Gasteiger partial charge in [-0.15, -0.1) is 0 Å². The molecule has 0 radical (unpaired) electrons. The number of halogens is 1. The van der Waals surface area contributed by atoms with Gasteiger partial charge in [-0.2, -0.15) is 0 Å². The third kappa shape index (κ3) is 1.49. The lowest BCUT2D eigenvalue weighted by molar-refractivity contribution is 0.212. The molecule has 2 unspecified atom stereocenters. The molecule has 86 valence electrons. The summed E-state index contributed by atoms with van der Waals surface area (Å²) in [7, 11) is 0. The number of rotatable bonds is 1. The minimum atomic E-state index is -0.0777. The van der Waals surface area contributed by atoms with Crippen molar-refractivity contribution < 1.29 is 4.39 Å². The molecule has 2 bridgehead atoms. The van der Waals surface area contributed by atoms with Crippen molar-refractivity contribution >= 4 is 0 Å². The maximum atomic E-state index is 13.3. The molecule has 0 N–H and O–H groups in total. The zero-order valence-electron chi connectivity index (χ0n) is 9.93. The lowest BCUT2D eigenvalue weighted by atomic mass is 9.67. The average molecular weight is 218 g/mol. The summed E-state index contributed by atoms with van der Waals surface area (Å²) in [5, 5.41) is 0. The Morgan fingerprint density at radius 1 is 1.12 bits per heavy atom. The molecule has 0 aliphatic heterocycles. The maximum Gasteiger partial charge on any atom is 0.123 e. The van der Waals surface area contributed by atoms with Crippen molar-refractivity contribution in [3.05, 3.63) is 35.6 Å². The van der Waals surface area contributed by atoms with E-state index in [4.69, 9.17) is 0 Å². The Morgan fingerprint density at radius 2 is 2.00 bits per heavy atom. The standard InChI is InChI=1S/C15H19F/c1-14-6-3-7-15(11-14,9-8-14)12-4-2-5-13(16)10-12/h2,4-5,10H,3,6-9,11H2,1H3. The maximum absolute atomic E-state index is 13.3. The van der Waals surface area contributed by atoms with E-state index in [0.717, 1.165) is 0 Å². The van der Waals surface area contributed by atoms with E-state index >= 15 is 0 Å². The van der Waals surface area contributed by atoms with E-state index < -0.39 is 0 Å². The first-order chi connectivity index (χ1) is 7.62. The second kappa shape index (κ2) is 3.32. The van der Waals surface area contributed by atoms with Crippen LogP contribution in [0.1, 0.15) is 51.0 Å². The van der Waals surface area contributed by atoms with Crippen LogP contribution in [0.25, 0.3) is 0 Å². The van der Waals surface area contributed by atoms with Gasteiger partial charge in [0.05, 0.1) is 0 Å². The van der Waals surface area contributed by atoms with E-state index in [2.05, 4.69) is 13.0 Å². The molecule has 1 heteroatoms. The molecular formula is C15H19F. The van der Waals surface area contributed by atoms with Crippen LogP contribution in [0, 0.1) is 11.2 Å². The van der Waals surface area contributed by atoms with Gasteiger partial charge in [0.1, 0.15) is 5.82 Å². The normalized spacial score (nSPS) is 37.6. The average Bonchev–Trinajstić information content (AvgIpc) is 2.50. The highest BCUT2D eigenvalue weighted by molar-refractivity contribution is 5.29.